The number of phenols is 1. The number of ether oxygens (including phenoxy) is 2. The van der Waals surface area contributed by atoms with Crippen LogP contribution in [0.25, 0.3) is 0 Å². The summed E-state index contributed by atoms with van der Waals surface area (Å²) in [6.07, 6.45) is 1.02. The Morgan fingerprint density at radius 2 is 1.55 bits per heavy atom. The van der Waals surface area contributed by atoms with Crippen LogP contribution in [0.2, 0.25) is 0 Å². The third kappa shape index (κ3) is 8.97. The van der Waals surface area contributed by atoms with E-state index in [9.17, 15) is 15.3 Å². The van der Waals surface area contributed by atoms with Crippen LogP contribution in [0.5, 0.6) is 11.5 Å². The van der Waals surface area contributed by atoms with E-state index in [0.717, 1.165) is 16.9 Å². The standard InChI is InChI=1S/C28H30O5/c29-25-16-14-24(15-17-25)28(31)13-7-10-23(20-33-27-11-5-2-6-12-27)18-26(30)21-32-19-22-8-3-1-4-9-22/h1-9,11-12,14-17,26,28-31H,13,18-21H2/t10?,26-,28-/m1/s1. The Hall–Kier alpha value is -3.34. The van der Waals surface area contributed by atoms with Crippen LogP contribution < -0.4 is 4.74 Å². The number of aliphatic hydroxyl groups is 2. The molecule has 0 spiro atoms. The highest BCUT2D eigenvalue weighted by molar-refractivity contribution is 5.27. The number of aliphatic hydroxyl groups excluding tert-OH is 2. The Morgan fingerprint density at radius 1 is 0.879 bits per heavy atom. The minimum atomic E-state index is -0.714. The summed E-state index contributed by atoms with van der Waals surface area (Å²) in [7, 11) is 0. The Morgan fingerprint density at radius 3 is 2.24 bits per heavy atom. The van der Waals surface area contributed by atoms with Crippen molar-refractivity contribution in [2.75, 3.05) is 13.2 Å². The maximum Gasteiger partial charge on any atom is 0.119 e. The molecule has 0 aromatic heterocycles. The molecule has 3 aromatic carbocycles. The molecule has 3 N–H and O–H groups in total. The summed E-state index contributed by atoms with van der Waals surface area (Å²) in [6, 6.07) is 25.7. The van der Waals surface area contributed by atoms with Crippen LogP contribution in [-0.4, -0.2) is 34.6 Å². The lowest BCUT2D eigenvalue weighted by atomic mass is 10.1. The first-order chi connectivity index (χ1) is 16.1. The molecule has 0 fully saturated rings. The molecular formula is C28H30O5. The van der Waals surface area contributed by atoms with E-state index in [1.54, 1.807) is 30.3 Å². The molecule has 3 rings (SSSR count). The Bertz CT molecular complexity index is 1010. The predicted octanol–water partition coefficient (Wildman–Crippen LogP) is 4.94. The van der Waals surface area contributed by atoms with E-state index < -0.39 is 12.2 Å². The summed E-state index contributed by atoms with van der Waals surface area (Å²) >= 11 is 0. The second-order valence-electron chi connectivity index (χ2n) is 7.76. The first-order valence-corrected chi connectivity index (χ1v) is 11.0. The number of rotatable bonds is 12. The Balaban J connectivity index is 1.59. The molecule has 0 unspecified atom stereocenters. The zero-order valence-corrected chi connectivity index (χ0v) is 18.5. The average Bonchev–Trinajstić information content (AvgIpc) is 2.84. The Kier molecular flexibility index (Phi) is 9.77. The van der Waals surface area contributed by atoms with Gasteiger partial charge in [-0.15, -0.1) is 5.73 Å². The SMILES string of the molecule is Oc1ccc([C@H](O)CC=C=C(COc2ccccc2)C[C@@H](O)COCc2ccccc2)cc1. The molecule has 33 heavy (non-hydrogen) atoms. The fourth-order valence-corrected chi connectivity index (χ4v) is 3.22. The monoisotopic (exact) mass is 446 g/mol. The van der Waals surface area contributed by atoms with Crippen molar-refractivity contribution in [1.29, 1.82) is 0 Å². The molecule has 0 bridgehead atoms. The fraction of sp³-hybridized carbons (Fsp3) is 0.250. The van der Waals surface area contributed by atoms with Crippen LogP contribution in [0.15, 0.2) is 102 Å². The molecule has 0 saturated heterocycles. The van der Waals surface area contributed by atoms with Gasteiger partial charge in [0.15, 0.2) is 0 Å². The van der Waals surface area contributed by atoms with Gasteiger partial charge in [-0.3, -0.25) is 0 Å². The molecule has 172 valence electrons. The molecule has 2 atom stereocenters. The van der Waals surface area contributed by atoms with Gasteiger partial charge >= 0.3 is 0 Å². The summed E-state index contributed by atoms with van der Waals surface area (Å²) < 4.78 is 11.5. The number of benzene rings is 3. The van der Waals surface area contributed by atoms with Gasteiger partial charge in [-0.2, -0.15) is 0 Å². The van der Waals surface area contributed by atoms with Crippen molar-refractivity contribution in [3.63, 3.8) is 0 Å². The maximum absolute atomic E-state index is 10.5. The quantitative estimate of drug-likeness (QED) is 0.343. The largest absolute Gasteiger partial charge is 0.508 e. The second-order valence-corrected chi connectivity index (χ2v) is 7.76. The van der Waals surface area contributed by atoms with Crippen molar-refractivity contribution >= 4 is 0 Å². The fourth-order valence-electron chi connectivity index (χ4n) is 3.22. The van der Waals surface area contributed by atoms with Gasteiger partial charge in [-0.25, -0.2) is 0 Å². The highest BCUT2D eigenvalue weighted by atomic mass is 16.5. The highest BCUT2D eigenvalue weighted by Crippen LogP contribution is 2.20. The van der Waals surface area contributed by atoms with Crippen molar-refractivity contribution in [2.45, 2.75) is 31.7 Å². The topological polar surface area (TPSA) is 79.2 Å². The number of hydrogen-bond donors (Lipinski definition) is 3. The van der Waals surface area contributed by atoms with E-state index in [-0.39, 0.29) is 19.0 Å². The average molecular weight is 447 g/mol. The van der Waals surface area contributed by atoms with Crippen LogP contribution in [0.4, 0.5) is 0 Å². The molecule has 5 heteroatoms. The Labute approximate surface area is 194 Å². The van der Waals surface area contributed by atoms with Crippen molar-refractivity contribution in [2.24, 2.45) is 0 Å². The van der Waals surface area contributed by atoms with Crippen LogP contribution >= 0.6 is 0 Å². The van der Waals surface area contributed by atoms with Crippen LogP contribution in [0.3, 0.4) is 0 Å². The number of aromatic hydroxyl groups is 1. The van der Waals surface area contributed by atoms with E-state index in [1.807, 2.05) is 60.7 Å². The van der Waals surface area contributed by atoms with Gasteiger partial charge in [-0.05, 0) is 41.5 Å². The van der Waals surface area contributed by atoms with E-state index in [2.05, 4.69) is 5.73 Å². The van der Waals surface area contributed by atoms with Gasteiger partial charge in [0, 0.05) is 18.4 Å². The molecule has 0 saturated carbocycles. The van der Waals surface area contributed by atoms with Crippen molar-refractivity contribution in [1.82, 2.24) is 0 Å². The molecular weight excluding hydrogens is 416 g/mol. The molecule has 0 radical (unpaired) electrons. The maximum atomic E-state index is 10.5. The lowest BCUT2D eigenvalue weighted by Gasteiger charge is -2.14. The highest BCUT2D eigenvalue weighted by Gasteiger charge is 2.10. The molecule has 3 aromatic rings. The number of phenolic OH excluding ortho intramolecular Hbond substituents is 1. The van der Waals surface area contributed by atoms with Gasteiger partial charge in [0.1, 0.15) is 18.1 Å². The van der Waals surface area contributed by atoms with E-state index in [0.29, 0.717) is 25.0 Å². The summed E-state index contributed by atoms with van der Waals surface area (Å²) in [6.45, 7) is 0.902. The number of para-hydroxylation sites is 1. The minimum absolute atomic E-state index is 0.158. The summed E-state index contributed by atoms with van der Waals surface area (Å²) in [4.78, 5) is 0. The summed E-state index contributed by atoms with van der Waals surface area (Å²) in [5.74, 6) is 0.890. The summed E-state index contributed by atoms with van der Waals surface area (Å²) in [5.41, 5.74) is 5.72. The minimum Gasteiger partial charge on any atom is -0.508 e. The first kappa shape index (κ1) is 24.3. The normalized spacial score (nSPS) is 12.4. The van der Waals surface area contributed by atoms with Crippen molar-refractivity contribution in [3.05, 3.63) is 113 Å². The van der Waals surface area contributed by atoms with Gasteiger partial charge in [0.25, 0.3) is 0 Å². The van der Waals surface area contributed by atoms with E-state index >= 15 is 0 Å². The molecule has 0 amide bonds. The zero-order chi connectivity index (χ0) is 23.3. The van der Waals surface area contributed by atoms with Gasteiger partial charge in [0.05, 0.1) is 25.4 Å². The molecule has 5 nitrogen and oxygen atoms in total. The first-order valence-electron chi connectivity index (χ1n) is 11.0. The molecule has 0 aliphatic rings. The summed E-state index contributed by atoms with van der Waals surface area (Å²) in [5, 5.41) is 30.3. The van der Waals surface area contributed by atoms with E-state index in [4.69, 9.17) is 9.47 Å². The predicted molar refractivity (Wildman–Crippen MR) is 128 cm³/mol. The van der Waals surface area contributed by atoms with Crippen LogP contribution in [0, 0.1) is 0 Å². The van der Waals surface area contributed by atoms with Gasteiger partial charge in [-0.1, -0.05) is 60.7 Å². The number of hydrogen-bond acceptors (Lipinski definition) is 5. The lowest BCUT2D eigenvalue weighted by molar-refractivity contribution is 0.0280. The van der Waals surface area contributed by atoms with E-state index in [1.165, 1.54) is 0 Å². The van der Waals surface area contributed by atoms with Crippen molar-refractivity contribution in [3.8, 4) is 11.5 Å². The zero-order valence-electron chi connectivity index (χ0n) is 18.5. The van der Waals surface area contributed by atoms with Gasteiger partial charge < -0.3 is 24.8 Å². The molecule has 0 aliphatic heterocycles. The third-order valence-electron chi connectivity index (χ3n) is 4.99. The third-order valence-corrected chi connectivity index (χ3v) is 4.99. The van der Waals surface area contributed by atoms with Crippen LogP contribution in [-0.2, 0) is 11.3 Å². The smallest absolute Gasteiger partial charge is 0.119 e. The van der Waals surface area contributed by atoms with Gasteiger partial charge in [0.2, 0.25) is 0 Å². The molecule has 0 heterocycles. The lowest BCUT2D eigenvalue weighted by Crippen LogP contribution is -2.18. The second kappa shape index (κ2) is 13.3. The van der Waals surface area contributed by atoms with Crippen LogP contribution in [0.1, 0.15) is 30.1 Å². The molecule has 0 aliphatic carbocycles. The van der Waals surface area contributed by atoms with Crippen molar-refractivity contribution < 1.29 is 24.8 Å².